The van der Waals surface area contributed by atoms with Crippen molar-refractivity contribution in [2.45, 2.75) is 0 Å². The topological polar surface area (TPSA) is 20.3 Å². The Bertz CT molecular complexity index is 336. The van der Waals surface area contributed by atoms with Gasteiger partial charge in [-0.15, -0.1) is 0 Å². The molecule has 0 aliphatic carbocycles. The Morgan fingerprint density at radius 2 is 1.92 bits per heavy atom. The first-order valence-corrected chi connectivity index (χ1v) is 5.27. The lowest BCUT2D eigenvalue weighted by Crippen LogP contribution is -2.22. The zero-order valence-corrected chi connectivity index (χ0v) is 10.5. The third-order valence-electron chi connectivity index (χ3n) is 1.56. The number of amides is 1. The highest BCUT2D eigenvalue weighted by atomic mass is 79.9. The van der Waals surface area contributed by atoms with Crippen molar-refractivity contribution in [1.29, 1.82) is 0 Å². The Hall–Kier alpha value is -0.350. The number of hydrogen-bond donors (Lipinski definition) is 0. The molecule has 1 rings (SSSR count). The maximum atomic E-state index is 11.6. The van der Waals surface area contributed by atoms with E-state index in [1.807, 2.05) is 12.1 Å². The molecule has 0 aliphatic heterocycles. The maximum Gasteiger partial charge on any atom is 0.254 e. The van der Waals surface area contributed by atoms with E-state index in [1.165, 1.54) is 0 Å². The van der Waals surface area contributed by atoms with Crippen molar-refractivity contribution >= 4 is 37.8 Å². The van der Waals surface area contributed by atoms with E-state index in [9.17, 15) is 4.79 Å². The van der Waals surface area contributed by atoms with Crippen LogP contribution in [-0.4, -0.2) is 24.9 Å². The second-order valence-electron chi connectivity index (χ2n) is 2.82. The molecule has 4 heteroatoms. The molecule has 13 heavy (non-hydrogen) atoms. The molecule has 0 heterocycles. The van der Waals surface area contributed by atoms with Crippen molar-refractivity contribution in [3.05, 3.63) is 32.7 Å². The van der Waals surface area contributed by atoms with E-state index in [-0.39, 0.29) is 5.91 Å². The van der Waals surface area contributed by atoms with Crippen LogP contribution in [0.2, 0.25) is 0 Å². The third-order valence-corrected chi connectivity index (χ3v) is 2.75. The van der Waals surface area contributed by atoms with Crippen molar-refractivity contribution in [3.63, 3.8) is 0 Å². The Balaban J connectivity index is 3.13. The van der Waals surface area contributed by atoms with Gasteiger partial charge in [0.15, 0.2) is 0 Å². The number of nitrogens with zero attached hydrogens (tertiary/aromatic N) is 1. The summed E-state index contributed by atoms with van der Waals surface area (Å²) in [6.45, 7) is 0. The molecule has 0 fully saturated rings. The molecule has 1 aromatic rings. The minimum atomic E-state index is -0.00632. The van der Waals surface area contributed by atoms with Crippen LogP contribution in [0.4, 0.5) is 0 Å². The molecule has 0 spiro atoms. The first kappa shape index (κ1) is 10.7. The average molecular weight is 307 g/mol. The predicted molar refractivity (Wildman–Crippen MR) is 59.9 cm³/mol. The fraction of sp³-hybridized carbons (Fsp3) is 0.222. The predicted octanol–water partition coefficient (Wildman–Crippen LogP) is 2.91. The minimum Gasteiger partial charge on any atom is -0.345 e. The summed E-state index contributed by atoms with van der Waals surface area (Å²) in [5.74, 6) is -0.00632. The van der Waals surface area contributed by atoms with Gasteiger partial charge in [0.2, 0.25) is 0 Å². The Morgan fingerprint density at radius 1 is 1.31 bits per heavy atom. The number of hydrogen-bond acceptors (Lipinski definition) is 1. The number of halogens is 2. The average Bonchev–Trinajstić information content (AvgIpc) is 2.08. The number of rotatable bonds is 1. The first-order valence-electron chi connectivity index (χ1n) is 3.69. The summed E-state index contributed by atoms with van der Waals surface area (Å²) < 4.78 is 1.72. The van der Waals surface area contributed by atoms with Crippen LogP contribution in [0.3, 0.4) is 0 Å². The van der Waals surface area contributed by atoms with Crippen LogP contribution in [0.15, 0.2) is 27.1 Å². The lowest BCUT2D eigenvalue weighted by molar-refractivity contribution is 0.0826. The molecule has 1 aromatic carbocycles. The second kappa shape index (κ2) is 4.24. The van der Waals surface area contributed by atoms with E-state index in [4.69, 9.17) is 0 Å². The standard InChI is InChI=1S/C9H9Br2NO/c1-12(2)9(13)7-5-6(10)3-4-8(7)11/h3-5H,1-2H3. The molecule has 0 atom stereocenters. The third kappa shape index (κ3) is 2.54. The van der Waals surface area contributed by atoms with E-state index >= 15 is 0 Å². The van der Waals surface area contributed by atoms with Gasteiger partial charge in [0, 0.05) is 23.0 Å². The molecule has 0 N–H and O–H groups in total. The van der Waals surface area contributed by atoms with Crippen LogP contribution in [0, 0.1) is 0 Å². The summed E-state index contributed by atoms with van der Waals surface area (Å²) >= 11 is 6.65. The van der Waals surface area contributed by atoms with Gasteiger partial charge >= 0.3 is 0 Å². The summed E-state index contributed by atoms with van der Waals surface area (Å²) in [6.07, 6.45) is 0. The number of carbonyl (C=O) groups excluding carboxylic acids is 1. The summed E-state index contributed by atoms with van der Waals surface area (Å²) in [5.41, 5.74) is 0.666. The molecule has 70 valence electrons. The molecule has 0 unspecified atom stereocenters. The maximum absolute atomic E-state index is 11.6. The highest BCUT2D eigenvalue weighted by Crippen LogP contribution is 2.22. The normalized spacial score (nSPS) is 9.85. The minimum absolute atomic E-state index is 0.00632. The van der Waals surface area contributed by atoms with Crippen LogP contribution < -0.4 is 0 Å². The molecule has 0 bridgehead atoms. The van der Waals surface area contributed by atoms with Gasteiger partial charge in [0.25, 0.3) is 5.91 Å². The highest BCUT2D eigenvalue weighted by Gasteiger charge is 2.11. The van der Waals surface area contributed by atoms with Crippen LogP contribution in [0.5, 0.6) is 0 Å². The lowest BCUT2D eigenvalue weighted by atomic mass is 10.2. The molecule has 0 saturated carbocycles. The van der Waals surface area contributed by atoms with Crippen molar-refractivity contribution in [2.75, 3.05) is 14.1 Å². The lowest BCUT2D eigenvalue weighted by Gasteiger charge is -2.11. The highest BCUT2D eigenvalue weighted by molar-refractivity contribution is 9.11. The van der Waals surface area contributed by atoms with Gasteiger partial charge in [-0.3, -0.25) is 4.79 Å². The Labute approximate surface area is 94.2 Å². The second-order valence-corrected chi connectivity index (χ2v) is 4.59. The van der Waals surface area contributed by atoms with Crippen LogP contribution in [-0.2, 0) is 0 Å². The van der Waals surface area contributed by atoms with Crippen molar-refractivity contribution in [2.24, 2.45) is 0 Å². The largest absolute Gasteiger partial charge is 0.345 e. The van der Waals surface area contributed by atoms with Gasteiger partial charge in [-0.1, -0.05) is 15.9 Å². The Kier molecular flexibility index (Phi) is 3.50. The van der Waals surface area contributed by atoms with E-state index in [0.717, 1.165) is 8.95 Å². The fourth-order valence-corrected chi connectivity index (χ4v) is 1.68. The van der Waals surface area contributed by atoms with Gasteiger partial charge in [0.1, 0.15) is 0 Å². The van der Waals surface area contributed by atoms with E-state index in [2.05, 4.69) is 31.9 Å². The van der Waals surface area contributed by atoms with Crippen molar-refractivity contribution in [3.8, 4) is 0 Å². The van der Waals surface area contributed by atoms with Gasteiger partial charge < -0.3 is 4.90 Å². The van der Waals surface area contributed by atoms with Crippen LogP contribution >= 0.6 is 31.9 Å². The van der Waals surface area contributed by atoms with Gasteiger partial charge in [0.05, 0.1) is 5.56 Å². The molecule has 0 saturated heterocycles. The van der Waals surface area contributed by atoms with Crippen LogP contribution in [0.25, 0.3) is 0 Å². The fourth-order valence-electron chi connectivity index (χ4n) is 0.902. The van der Waals surface area contributed by atoms with Gasteiger partial charge in [-0.2, -0.15) is 0 Å². The zero-order chi connectivity index (χ0) is 10.0. The molecule has 0 radical (unpaired) electrons. The summed E-state index contributed by atoms with van der Waals surface area (Å²) in [4.78, 5) is 13.1. The van der Waals surface area contributed by atoms with E-state index in [1.54, 1.807) is 25.1 Å². The molecule has 0 aromatic heterocycles. The SMILES string of the molecule is CN(C)C(=O)c1cc(Br)ccc1Br. The number of carbonyl (C=O) groups is 1. The number of benzene rings is 1. The van der Waals surface area contributed by atoms with Gasteiger partial charge in [-0.25, -0.2) is 0 Å². The Morgan fingerprint density at radius 3 is 2.46 bits per heavy atom. The van der Waals surface area contributed by atoms with E-state index < -0.39 is 0 Å². The molecule has 0 aliphatic rings. The molecule has 1 amide bonds. The molecular weight excluding hydrogens is 298 g/mol. The van der Waals surface area contributed by atoms with Crippen molar-refractivity contribution < 1.29 is 4.79 Å². The zero-order valence-electron chi connectivity index (χ0n) is 7.34. The summed E-state index contributed by atoms with van der Waals surface area (Å²) in [6, 6.07) is 5.53. The smallest absolute Gasteiger partial charge is 0.254 e. The van der Waals surface area contributed by atoms with Gasteiger partial charge in [-0.05, 0) is 34.1 Å². The molecular formula is C9H9Br2NO. The quantitative estimate of drug-likeness (QED) is 0.781. The summed E-state index contributed by atoms with van der Waals surface area (Å²) in [5, 5.41) is 0. The van der Waals surface area contributed by atoms with Crippen LogP contribution in [0.1, 0.15) is 10.4 Å². The molecule has 2 nitrogen and oxygen atoms in total. The summed E-state index contributed by atoms with van der Waals surface area (Å²) in [7, 11) is 3.46. The monoisotopic (exact) mass is 305 g/mol. The van der Waals surface area contributed by atoms with E-state index in [0.29, 0.717) is 5.56 Å². The van der Waals surface area contributed by atoms with Crippen molar-refractivity contribution in [1.82, 2.24) is 4.90 Å². The first-order chi connectivity index (χ1) is 6.02.